The molecule has 1 saturated heterocycles. The van der Waals surface area contributed by atoms with E-state index in [2.05, 4.69) is 21.0 Å². The highest BCUT2D eigenvalue weighted by molar-refractivity contribution is 5.75. The Hall–Kier alpha value is -3.52. The van der Waals surface area contributed by atoms with Gasteiger partial charge in [0.25, 0.3) is 0 Å². The summed E-state index contributed by atoms with van der Waals surface area (Å²) in [5.41, 5.74) is 11.8. The van der Waals surface area contributed by atoms with Crippen LogP contribution in [0.3, 0.4) is 0 Å². The van der Waals surface area contributed by atoms with E-state index in [-0.39, 0.29) is 17.3 Å². The van der Waals surface area contributed by atoms with Crippen LogP contribution in [-0.4, -0.2) is 39.8 Å². The molecule has 0 bridgehead atoms. The van der Waals surface area contributed by atoms with Crippen molar-refractivity contribution in [3.8, 4) is 17.1 Å². The average molecular weight is 459 g/mol. The number of methoxy groups -OCH3 is 1. The Morgan fingerprint density at radius 3 is 2.65 bits per heavy atom. The molecule has 34 heavy (non-hydrogen) atoms. The Bertz CT molecular complexity index is 1390. The molecule has 2 aliphatic rings. The van der Waals surface area contributed by atoms with Crippen molar-refractivity contribution in [2.24, 2.45) is 11.1 Å². The minimum Gasteiger partial charge on any atom is -0.481 e. The lowest BCUT2D eigenvalue weighted by atomic mass is 9.73. The van der Waals surface area contributed by atoms with Gasteiger partial charge in [0.05, 0.1) is 24.7 Å². The zero-order valence-electron chi connectivity index (χ0n) is 19.3. The molecule has 1 spiro atoms. The number of hydrogen-bond donors (Lipinski definition) is 1. The second-order valence-electron chi connectivity index (χ2n) is 9.37. The maximum Gasteiger partial charge on any atom is 0.213 e. The van der Waals surface area contributed by atoms with Crippen LogP contribution in [-0.2, 0) is 6.42 Å². The summed E-state index contributed by atoms with van der Waals surface area (Å²) in [6, 6.07) is 12.6. The van der Waals surface area contributed by atoms with Crippen LogP contribution in [0.15, 0.2) is 48.7 Å². The number of piperidine rings is 1. The molecule has 0 saturated carbocycles. The number of pyridine rings is 1. The number of ether oxygens (including phenoxy) is 1. The summed E-state index contributed by atoms with van der Waals surface area (Å²) in [7, 11) is 1.64. The molecule has 1 atom stereocenters. The van der Waals surface area contributed by atoms with Crippen LogP contribution >= 0.6 is 0 Å². The van der Waals surface area contributed by atoms with E-state index >= 15 is 0 Å². The molecule has 1 aliphatic carbocycles. The fourth-order valence-electron chi connectivity index (χ4n) is 5.72. The molecule has 4 aromatic rings. The number of anilines is 1. The normalized spacial score (nSPS) is 19.1. The van der Waals surface area contributed by atoms with Crippen molar-refractivity contribution in [3.63, 3.8) is 0 Å². The number of halogens is 1. The number of nitrogens with two attached hydrogens (primary N) is 1. The zero-order valence-corrected chi connectivity index (χ0v) is 19.3. The Labute approximate surface area is 197 Å². The van der Waals surface area contributed by atoms with Gasteiger partial charge in [0, 0.05) is 36.5 Å². The molecule has 174 valence electrons. The van der Waals surface area contributed by atoms with Crippen molar-refractivity contribution in [2.45, 2.75) is 32.2 Å². The third kappa shape index (κ3) is 3.09. The van der Waals surface area contributed by atoms with Crippen LogP contribution < -0.4 is 15.4 Å². The molecule has 4 heterocycles. The van der Waals surface area contributed by atoms with Gasteiger partial charge in [-0.05, 0) is 55.4 Å². The van der Waals surface area contributed by atoms with E-state index in [4.69, 9.17) is 15.5 Å². The molecule has 8 heteroatoms. The van der Waals surface area contributed by atoms with Crippen molar-refractivity contribution in [1.29, 1.82) is 0 Å². The Morgan fingerprint density at radius 2 is 1.88 bits per heavy atom. The maximum atomic E-state index is 14.6. The highest BCUT2D eigenvalue weighted by Crippen LogP contribution is 2.51. The molecule has 0 unspecified atom stereocenters. The lowest BCUT2D eigenvalue weighted by Crippen LogP contribution is -2.44. The summed E-state index contributed by atoms with van der Waals surface area (Å²) in [6.07, 6.45) is 4.51. The molecule has 0 radical (unpaired) electrons. The highest BCUT2D eigenvalue weighted by atomic mass is 19.1. The Morgan fingerprint density at radius 1 is 1.09 bits per heavy atom. The summed E-state index contributed by atoms with van der Waals surface area (Å²) >= 11 is 0. The van der Waals surface area contributed by atoms with E-state index in [0.717, 1.165) is 60.6 Å². The van der Waals surface area contributed by atoms with E-state index in [9.17, 15) is 4.39 Å². The number of fused-ring (bicyclic) bond motifs is 2. The minimum atomic E-state index is -0.281. The summed E-state index contributed by atoms with van der Waals surface area (Å²) in [4.78, 5) is 11.9. The Kier molecular flexibility index (Phi) is 4.81. The van der Waals surface area contributed by atoms with Crippen LogP contribution in [0.25, 0.3) is 16.8 Å². The first-order chi connectivity index (χ1) is 16.5. The second kappa shape index (κ2) is 7.77. The first-order valence-corrected chi connectivity index (χ1v) is 11.6. The maximum absolute atomic E-state index is 14.6. The first-order valence-electron chi connectivity index (χ1n) is 11.6. The predicted octanol–water partition coefficient (Wildman–Crippen LogP) is 4.09. The quantitative estimate of drug-likeness (QED) is 0.498. The fourth-order valence-corrected chi connectivity index (χ4v) is 5.72. The van der Waals surface area contributed by atoms with Crippen LogP contribution in [0.2, 0.25) is 0 Å². The number of aryl methyl sites for hydroxylation is 1. The van der Waals surface area contributed by atoms with Crippen LogP contribution in [0.4, 0.5) is 10.2 Å². The van der Waals surface area contributed by atoms with Gasteiger partial charge in [-0.15, -0.1) is 0 Å². The third-order valence-electron chi connectivity index (χ3n) is 7.59. The van der Waals surface area contributed by atoms with Crippen molar-refractivity contribution in [1.82, 2.24) is 19.6 Å². The second-order valence-corrected chi connectivity index (χ2v) is 9.37. The van der Waals surface area contributed by atoms with Crippen molar-refractivity contribution >= 4 is 11.3 Å². The van der Waals surface area contributed by atoms with Crippen molar-refractivity contribution in [2.75, 3.05) is 25.1 Å². The van der Waals surface area contributed by atoms with Gasteiger partial charge in [-0.1, -0.05) is 18.2 Å². The van der Waals surface area contributed by atoms with Gasteiger partial charge < -0.3 is 15.4 Å². The lowest BCUT2D eigenvalue weighted by Gasteiger charge is -2.42. The molecular weight excluding hydrogens is 431 g/mol. The predicted molar refractivity (Wildman–Crippen MR) is 128 cm³/mol. The molecule has 1 aliphatic heterocycles. The molecule has 1 aromatic carbocycles. The van der Waals surface area contributed by atoms with Gasteiger partial charge in [0.2, 0.25) is 5.88 Å². The van der Waals surface area contributed by atoms with Crippen molar-refractivity contribution < 1.29 is 9.13 Å². The summed E-state index contributed by atoms with van der Waals surface area (Å²) in [5.74, 6) is 1.24. The third-order valence-corrected chi connectivity index (χ3v) is 7.59. The fraction of sp³-hybridized carbons (Fsp3) is 0.346. The zero-order chi connectivity index (χ0) is 23.4. The van der Waals surface area contributed by atoms with Gasteiger partial charge in [-0.25, -0.2) is 18.9 Å². The molecule has 1 fully saturated rings. The average Bonchev–Trinajstić information content (AvgIpc) is 3.43. The number of nitrogens with zero attached hydrogens (tertiary/aromatic N) is 5. The topological polar surface area (TPSA) is 81.6 Å². The van der Waals surface area contributed by atoms with E-state index in [1.54, 1.807) is 25.4 Å². The number of hydrogen-bond acceptors (Lipinski definition) is 6. The van der Waals surface area contributed by atoms with Crippen LogP contribution in [0.5, 0.6) is 5.88 Å². The van der Waals surface area contributed by atoms with Crippen LogP contribution in [0, 0.1) is 18.2 Å². The SMILES string of the molecule is COc1ccc2c(n1)CC1(CCN(c3nc(C)c(-c4ccccc4F)n4nccc34)CC1)[C@@H]2N. The minimum absolute atomic E-state index is 0.00309. The summed E-state index contributed by atoms with van der Waals surface area (Å²) in [6.45, 7) is 3.59. The highest BCUT2D eigenvalue weighted by Gasteiger charge is 2.47. The lowest BCUT2D eigenvalue weighted by molar-refractivity contribution is 0.186. The monoisotopic (exact) mass is 458 g/mol. The van der Waals surface area contributed by atoms with Gasteiger partial charge in [0.15, 0.2) is 5.82 Å². The molecule has 7 nitrogen and oxygen atoms in total. The van der Waals surface area contributed by atoms with Gasteiger partial charge >= 0.3 is 0 Å². The van der Waals surface area contributed by atoms with E-state index in [1.165, 1.54) is 6.07 Å². The number of aromatic nitrogens is 4. The van der Waals surface area contributed by atoms with Crippen LogP contribution in [0.1, 0.15) is 35.8 Å². The molecule has 0 amide bonds. The van der Waals surface area contributed by atoms with E-state index < -0.39 is 0 Å². The number of benzene rings is 1. The Balaban J connectivity index is 1.31. The molecule has 3 aromatic heterocycles. The van der Waals surface area contributed by atoms with E-state index in [1.807, 2.05) is 29.6 Å². The molecule has 6 rings (SSSR count). The smallest absolute Gasteiger partial charge is 0.213 e. The molecular formula is C26H27FN6O. The van der Waals surface area contributed by atoms with Gasteiger partial charge in [-0.2, -0.15) is 5.10 Å². The summed E-state index contributed by atoms with van der Waals surface area (Å²) in [5, 5.41) is 4.52. The van der Waals surface area contributed by atoms with Crippen molar-refractivity contribution in [3.05, 3.63) is 71.4 Å². The molecule has 2 N–H and O–H groups in total. The van der Waals surface area contributed by atoms with Gasteiger partial charge in [-0.3, -0.25) is 0 Å². The number of rotatable bonds is 3. The van der Waals surface area contributed by atoms with E-state index in [0.29, 0.717) is 17.1 Å². The van der Waals surface area contributed by atoms with Gasteiger partial charge in [0.1, 0.15) is 11.3 Å². The largest absolute Gasteiger partial charge is 0.481 e. The first kappa shape index (κ1) is 21.0. The standard InChI is InChI=1S/C26H27FN6O/c1-16-23(17-5-3-4-6-19(17)27)33-21(9-12-29-33)25(30-16)32-13-10-26(11-14-32)15-20-18(24(26)28)7-8-22(31-20)34-2/h3-9,12,24H,10-11,13-15,28H2,1-2H3/t24-/m1/s1. The summed E-state index contributed by atoms with van der Waals surface area (Å²) < 4.78 is 21.7.